The Morgan fingerprint density at radius 2 is 1.97 bits per heavy atom. The third-order valence-corrected chi connectivity index (χ3v) is 10.1. The van der Waals surface area contributed by atoms with Crippen LogP contribution >= 0.6 is 0 Å². The first-order valence-corrected chi connectivity index (χ1v) is 12.6. The highest BCUT2D eigenvalue weighted by Crippen LogP contribution is 2.68. The van der Waals surface area contributed by atoms with Gasteiger partial charge in [-0.3, -0.25) is 14.9 Å². The van der Waals surface area contributed by atoms with Crippen LogP contribution in [0.2, 0.25) is 0 Å². The summed E-state index contributed by atoms with van der Waals surface area (Å²) in [5, 5.41) is 16.1. The zero-order valence-electron chi connectivity index (χ0n) is 21.0. The van der Waals surface area contributed by atoms with Crippen LogP contribution in [0.5, 0.6) is 0 Å². The van der Waals surface area contributed by atoms with Crippen molar-refractivity contribution in [3.8, 4) is 0 Å². The summed E-state index contributed by atoms with van der Waals surface area (Å²) in [5.74, 6) is 1.41. The molecule has 0 amide bonds. The molecule has 0 heterocycles. The highest BCUT2D eigenvalue weighted by Gasteiger charge is 2.63. The summed E-state index contributed by atoms with van der Waals surface area (Å²) >= 11 is 0. The van der Waals surface area contributed by atoms with Crippen LogP contribution in [0.15, 0.2) is 16.8 Å². The Morgan fingerprint density at radius 1 is 1.24 bits per heavy atom. The molecule has 4 aliphatic carbocycles. The summed E-state index contributed by atoms with van der Waals surface area (Å²) in [4.78, 5) is 28.4. The number of rotatable bonds is 5. The van der Waals surface area contributed by atoms with Crippen LogP contribution in [0.1, 0.15) is 79.6 Å². The normalized spacial score (nSPS) is 43.5. The fourth-order valence-corrected chi connectivity index (χ4v) is 8.68. The SMILES string of the molecule is CO/N=C(\C)[C@@H]1[C@H]([C@H](C)[N+](=O)[O-])C[C@@H]2[C@@H]3CC=C4C[C@H](OC(C)=O)CC[C@]4(C)[C@H]3CC[C@@]21C. The standard InChI is InChI=1S/C26H40N2O5/c1-15(27-32-6)24-21(16(2)28(30)31)14-23-20-8-7-18-13-19(33-17(3)29)9-11-25(18,4)22(20)10-12-26(23,24)5/h7,16,19-24H,8-14H2,1-6H3/b27-15+/t16-,19+,20+,21-,22-,23+,24+,25-,26-/m0/s1. The molecule has 0 spiro atoms. The van der Waals surface area contributed by atoms with Gasteiger partial charge < -0.3 is 9.57 Å². The molecule has 4 rings (SSSR count). The molecule has 4 aliphatic rings. The van der Waals surface area contributed by atoms with Gasteiger partial charge in [-0.1, -0.05) is 30.7 Å². The van der Waals surface area contributed by atoms with Gasteiger partial charge in [0.05, 0.1) is 5.71 Å². The van der Waals surface area contributed by atoms with Gasteiger partial charge in [0, 0.05) is 37.0 Å². The Kier molecular flexibility index (Phi) is 6.38. The molecule has 0 unspecified atom stereocenters. The molecule has 7 heteroatoms. The van der Waals surface area contributed by atoms with Gasteiger partial charge in [0.15, 0.2) is 0 Å². The minimum atomic E-state index is -0.595. The average molecular weight is 461 g/mol. The molecule has 0 aromatic heterocycles. The van der Waals surface area contributed by atoms with Crippen LogP contribution in [-0.2, 0) is 14.4 Å². The number of nitrogens with zero attached hydrogens (tertiary/aromatic N) is 2. The van der Waals surface area contributed by atoms with Crippen molar-refractivity contribution in [3.63, 3.8) is 0 Å². The van der Waals surface area contributed by atoms with E-state index in [-0.39, 0.29) is 39.7 Å². The maximum Gasteiger partial charge on any atom is 0.302 e. The van der Waals surface area contributed by atoms with E-state index < -0.39 is 6.04 Å². The Morgan fingerprint density at radius 3 is 2.61 bits per heavy atom. The Labute approximate surface area is 197 Å². The molecule has 0 aromatic carbocycles. The van der Waals surface area contributed by atoms with E-state index in [9.17, 15) is 14.9 Å². The second kappa shape index (κ2) is 8.70. The molecule has 0 aromatic rings. The smallest absolute Gasteiger partial charge is 0.302 e. The van der Waals surface area contributed by atoms with Gasteiger partial charge in [-0.15, -0.1) is 0 Å². The second-order valence-corrected chi connectivity index (χ2v) is 11.6. The molecular weight excluding hydrogens is 420 g/mol. The molecule has 3 fully saturated rings. The van der Waals surface area contributed by atoms with Gasteiger partial charge in [-0.05, 0) is 74.0 Å². The zero-order chi connectivity index (χ0) is 24.1. The Hall–Kier alpha value is -1.92. The van der Waals surface area contributed by atoms with Gasteiger partial charge in [0.2, 0.25) is 6.04 Å². The van der Waals surface area contributed by atoms with Gasteiger partial charge in [0.1, 0.15) is 13.2 Å². The van der Waals surface area contributed by atoms with E-state index in [2.05, 4.69) is 25.1 Å². The van der Waals surface area contributed by atoms with Gasteiger partial charge >= 0.3 is 5.97 Å². The summed E-state index contributed by atoms with van der Waals surface area (Å²) in [5.41, 5.74) is 2.50. The van der Waals surface area contributed by atoms with Crippen LogP contribution in [-0.4, -0.2) is 35.9 Å². The van der Waals surface area contributed by atoms with Crippen molar-refractivity contribution in [2.45, 2.75) is 91.7 Å². The fourth-order valence-electron chi connectivity index (χ4n) is 8.68. The number of nitro groups is 1. The molecular formula is C26H40N2O5. The van der Waals surface area contributed by atoms with Gasteiger partial charge in [-0.25, -0.2) is 0 Å². The maximum atomic E-state index is 11.8. The first-order chi connectivity index (χ1) is 15.5. The highest BCUT2D eigenvalue weighted by molar-refractivity contribution is 5.85. The van der Waals surface area contributed by atoms with Crippen molar-refractivity contribution in [1.82, 2.24) is 0 Å². The lowest BCUT2D eigenvalue weighted by molar-refractivity contribution is -0.528. The summed E-state index contributed by atoms with van der Waals surface area (Å²) in [6.45, 7) is 10.0. The minimum Gasteiger partial charge on any atom is -0.462 e. The third kappa shape index (κ3) is 3.89. The third-order valence-electron chi connectivity index (χ3n) is 10.1. The van der Waals surface area contributed by atoms with Crippen molar-refractivity contribution in [2.75, 3.05) is 7.11 Å². The number of oxime groups is 1. The summed E-state index contributed by atoms with van der Waals surface area (Å²) in [7, 11) is 1.56. The maximum absolute atomic E-state index is 11.8. The largest absolute Gasteiger partial charge is 0.462 e. The van der Waals surface area contributed by atoms with Crippen molar-refractivity contribution in [2.24, 2.45) is 45.6 Å². The molecule has 3 saturated carbocycles. The van der Waals surface area contributed by atoms with Crippen molar-refractivity contribution < 1.29 is 19.3 Å². The number of hydrogen-bond donors (Lipinski definition) is 0. The highest BCUT2D eigenvalue weighted by atomic mass is 16.6. The van der Waals surface area contributed by atoms with Crippen LogP contribution in [0.25, 0.3) is 0 Å². The Bertz CT molecular complexity index is 869. The monoisotopic (exact) mass is 460 g/mol. The average Bonchev–Trinajstić information content (AvgIpc) is 3.06. The molecule has 184 valence electrons. The molecule has 0 N–H and O–H groups in total. The molecule has 9 atom stereocenters. The first-order valence-electron chi connectivity index (χ1n) is 12.6. The lowest BCUT2D eigenvalue weighted by Gasteiger charge is -2.58. The summed E-state index contributed by atoms with van der Waals surface area (Å²) < 4.78 is 5.56. The molecule has 7 nitrogen and oxygen atoms in total. The molecule has 33 heavy (non-hydrogen) atoms. The molecule has 0 radical (unpaired) electrons. The fraction of sp³-hybridized carbons (Fsp3) is 0.846. The van der Waals surface area contributed by atoms with Crippen LogP contribution in [0.4, 0.5) is 0 Å². The van der Waals surface area contributed by atoms with Crippen molar-refractivity contribution in [1.29, 1.82) is 0 Å². The summed E-state index contributed by atoms with van der Waals surface area (Å²) in [6, 6.07) is -0.595. The number of carbonyl (C=O) groups excluding carboxylic acids is 1. The second-order valence-electron chi connectivity index (χ2n) is 11.6. The molecule has 0 bridgehead atoms. The van der Waals surface area contributed by atoms with E-state index in [1.54, 1.807) is 14.0 Å². The first kappa shape index (κ1) is 24.2. The Balaban J connectivity index is 1.66. The van der Waals surface area contributed by atoms with Crippen LogP contribution < -0.4 is 0 Å². The topological polar surface area (TPSA) is 91.0 Å². The predicted molar refractivity (Wildman–Crippen MR) is 126 cm³/mol. The number of hydrogen-bond acceptors (Lipinski definition) is 6. The van der Waals surface area contributed by atoms with E-state index in [0.29, 0.717) is 17.8 Å². The van der Waals surface area contributed by atoms with E-state index >= 15 is 0 Å². The molecule has 0 aliphatic heterocycles. The van der Waals surface area contributed by atoms with Crippen molar-refractivity contribution >= 4 is 11.7 Å². The van der Waals surface area contributed by atoms with Crippen LogP contribution in [0, 0.1) is 50.5 Å². The molecule has 0 saturated heterocycles. The number of fused-ring (bicyclic) bond motifs is 5. The lowest BCUT2D eigenvalue weighted by Crippen LogP contribution is -2.51. The number of carbonyl (C=O) groups is 1. The van der Waals surface area contributed by atoms with E-state index in [1.807, 2.05) is 6.92 Å². The number of allylic oxidation sites excluding steroid dienone is 1. The van der Waals surface area contributed by atoms with E-state index in [4.69, 9.17) is 9.57 Å². The lowest BCUT2D eigenvalue weighted by atomic mass is 9.47. The van der Waals surface area contributed by atoms with Crippen LogP contribution in [0.3, 0.4) is 0 Å². The number of esters is 1. The summed E-state index contributed by atoms with van der Waals surface area (Å²) in [6.07, 6.45) is 9.36. The van der Waals surface area contributed by atoms with Gasteiger partial charge in [-0.2, -0.15) is 0 Å². The van der Waals surface area contributed by atoms with E-state index in [1.165, 1.54) is 12.5 Å². The van der Waals surface area contributed by atoms with E-state index in [0.717, 1.165) is 50.7 Å². The predicted octanol–water partition coefficient (Wildman–Crippen LogP) is 5.41. The van der Waals surface area contributed by atoms with Crippen molar-refractivity contribution in [3.05, 3.63) is 21.8 Å². The minimum absolute atomic E-state index is 0.00113. The quantitative estimate of drug-likeness (QED) is 0.180. The zero-order valence-corrected chi connectivity index (χ0v) is 21.0. The number of ether oxygens (including phenoxy) is 1. The van der Waals surface area contributed by atoms with Gasteiger partial charge in [0.25, 0.3) is 0 Å².